The minimum Gasteiger partial charge on any atom is -0.467 e. The molecule has 3 N–H and O–H groups in total. The number of amides is 1. The van der Waals surface area contributed by atoms with Crippen molar-refractivity contribution >= 4 is 23.8 Å². The average molecular weight is 267 g/mol. The number of carbonyl (C=O) groups excluding carboxylic acids is 2. The van der Waals surface area contributed by atoms with Gasteiger partial charge in [-0.05, 0) is 11.6 Å². The number of hydrogen-bond acceptors (Lipinski definition) is 6. The highest BCUT2D eigenvalue weighted by molar-refractivity contribution is 5.78. The molecule has 1 aromatic carbocycles. The van der Waals surface area contributed by atoms with Crippen LogP contribution in [-0.2, 0) is 20.7 Å². The normalized spacial score (nSPS) is 11.4. The molecule has 0 bridgehead atoms. The number of anilines is 1. The van der Waals surface area contributed by atoms with Crippen molar-refractivity contribution in [3.05, 3.63) is 33.9 Å². The number of nitro groups is 1. The molecule has 0 aromatic heterocycles. The van der Waals surface area contributed by atoms with Gasteiger partial charge in [0.15, 0.2) is 0 Å². The molecule has 0 radical (unpaired) electrons. The summed E-state index contributed by atoms with van der Waals surface area (Å²) in [6.07, 6.45) is 0.444. The van der Waals surface area contributed by atoms with Crippen molar-refractivity contribution in [1.29, 1.82) is 0 Å². The first-order valence-electron chi connectivity index (χ1n) is 5.30. The fraction of sp³-hybridized carbons (Fsp3) is 0.273. The summed E-state index contributed by atoms with van der Waals surface area (Å²) in [4.78, 5) is 31.9. The Labute approximate surface area is 108 Å². The van der Waals surface area contributed by atoms with Gasteiger partial charge in [-0.25, -0.2) is 4.79 Å². The van der Waals surface area contributed by atoms with E-state index in [1.54, 1.807) is 6.07 Å². The fourth-order valence-electron chi connectivity index (χ4n) is 1.54. The van der Waals surface area contributed by atoms with Crippen LogP contribution in [0.25, 0.3) is 0 Å². The number of nitro benzene ring substituents is 1. The third-order valence-corrected chi connectivity index (χ3v) is 2.49. The first-order valence-corrected chi connectivity index (χ1v) is 5.30. The number of nitrogen functional groups attached to an aromatic ring is 1. The Morgan fingerprint density at radius 3 is 2.84 bits per heavy atom. The number of nitrogens with two attached hydrogens (primary N) is 1. The number of hydrogen-bond donors (Lipinski definition) is 2. The molecule has 0 aliphatic heterocycles. The largest absolute Gasteiger partial charge is 0.467 e. The van der Waals surface area contributed by atoms with Gasteiger partial charge >= 0.3 is 5.97 Å². The number of ether oxygens (including phenoxy) is 1. The summed E-state index contributed by atoms with van der Waals surface area (Å²) in [5, 5.41) is 13.0. The number of carbonyl (C=O) groups is 2. The van der Waals surface area contributed by atoms with Crippen LogP contribution >= 0.6 is 0 Å². The molecular formula is C11H13N3O5. The van der Waals surface area contributed by atoms with Crippen LogP contribution in [0.5, 0.6) is 0 Å². The van der Waals surface area contributed by atoms with Gasteiger partial charge in [0.1, 0.15) is 11.7 Å². The Morgan fingerprint density at radius 2 is 2.32 bits per heavy atom. The Hall–Kier alpha value is -2.64. The molecule has 1 amide bonds. The zero-order valence-electron chi connectivity index (χ0n) is 10.2. The van der Waals surface area contributed by atoms with Gasteiger partial charge in [-0.3, -0.25) is 14.9 Å². The minimum atomic E-state index is -0.897. The number of benzene rings is 1. The van der Waals surface area contributed by atoms with Gasteiger partial charge in [0.05, 0.1) is 12.0 Å². The molecule has 0 aliphatic rings. The van der Waals surface area contributed by atoms with Crippen LogP contribution in [0.3, 0.4) is 0 Å². The second-order valence-corrected chi connectivity index (χ2v) is 3.71. The van der Waals surface area contributed by atoms with Crippen molar-refractivity contribution in [2.45, 2.75) is 12.5 Å². The molecule has 0 saturated heterocycles. The second-order valence-electron chi connectivity index (χ2n) is 3.71. The smallest absolute Gasteiger partial charge is 0.328 e. The Morgan fingerprint density at radius 1 is 1.63 bits per heavy atom. The van der Waals surface area contributed by atoms with Crippen molar-refractivity contribution < 1.29 is 19.2 Å². The van der Waals surface area contributed by atoms with Gasteiger partial charge in [0.2, 0.25) is 6.41 Å². The minimum absolute atomic E-state index is 0.0340. The predicted octanol–water partition coefficient (Wildman–Crippen LogP) is 0.00710. The molecule has 8 nitrogen and oxygen atoms in total. The van der Waals surface area contributed by atoms with Crippen LogP contribution < -0.4 is 11.1 Å². The maximum absolute atomic E-state index is 11.4. The number of esters is 1. The van der Waals surface area contributed by atoms with Crippen LogP contribution in [0, 0.1) is 10.1 Å². The summed E-state index contributed by atoms with van der Waals surface area (Å²) in [5.41, 5.74) is 5.74. The number of nitrogens with zero attached hydrogens (tertiary/aromatic N) is 1. The highest BCUT2D eigenvalue weighted by atomic mass is 16.6. The van der Waals surface area contributed by atoms with Gasteiger partial charge < -0.3 is 15.8 Å². The Kier molecular flexibility index (Phi) is 4.81. The van der Waals surface area contributed by atoms with Crippen molar-refractivity contribution in [1.82, 2.24) is 5.32 Å². The zero-order chi connectivity index (χ0) is 14.4. The molecule has 0 saturated carbocycles. The van der Waals surface area contributed by atoms with Gasteiger partial charge in [-0.1, -0.05) is 6.07 Å². The van der Waals surface area contributed by atoms with Gasteiger partial charge in [-0.15, -0.1) is 0 Å². The van der Waals surface area contributed by atoms with E-state index in [0.29, 0.717) is 12.0 Å². The average Bonchev–Trinajstić information content (AvgIpc) is 2.39. The van der Waals surface area contributed by atoms with Gasteiger partial charge in [0, 0.05) is 12.5 Å². The third-order valence-electron chi connectivity index (χ3n) is 2.49. The first-order chi connectivity index (χ1) is 8.99. The zero-order valence-corrected chi connectivity index (χ0v) is 10.2. The quantitative estimate of drug-likeness (QED) is 0.246. The standard InChI is InChI=1S/C11H13N3O5/c1-19-11(16)9(13-6-15)4-7-2-3-8(12)10(5-7)14(17)18/h2-3,5-6,9H,4,12H2,1H3,(H,13,15). The second kappa shape index (κ2) is 6.34. The Bertz CT molecular complexity index is 503. The lowest BCUT2D eigenvalue weighted by molar-refractivity contribution is -0.384. The van der Waals surface area contributed by atoms with E-state index in [-0.39, 0.29) is 17.8 Å². The molecule has 19 heavy (non-hydrogen) atoms. The van der Waals surface area contributed by atoms with Crippen molar-refractivity contribution in [2.75, 3.05) is 12.8 Å². The summed E-state index contributed by atoms with van der Waals surface area (Å²) in [6, 6.07) is 3.29. The molecule has 0 aliphatic carbocycles. The number of rotatable bonds is 6. The first kappa shape index (κ1) is 14.4. The predicted molar refractivity (Wildman–Crippen MR) is 66.2 cm³/mol. The summed E-state index contributed by atoms with van der Waals surface area (Å²) >= 11 is 0. The van der Waals surface area contributed by atoms with E-state index in [9.17, 15) is 19.7 Å². The van der Waals surface area contributed by atoms with Crippen LogP contribution in [-0.4, -0.2) is 30.5 Å². The van der Waals surface area contributed by atoms with E-state index >= 15 is 0 Å². The van der Waals surface area contributed by atoms with E-state index in [2.05, 4.69) is 10.1 Å². The lowest BCUT2D eigenvalue weighted by Crippen LogP contribution is -2.38. The van der Waals surface area contributed by atoms with E-state index in [4.69, 9.17) is 5.73 Å². The van der Waals surface area contributed by atoms with Crippen LogP contribution in [0.15, 0.2) is 18.2 Å². The summed E-state index contributed by atoms with van der Waals surface area (Å²) in [6.45, 7) is 0. The SMILES string of the molecule is COC(=O)C(Cc1ccc(N)c([N+](=O)[O-])c1)NC=O. The lowest BCUT2D eigenvalue weighted by Gasteiger charge is -2.13. The topological polar surface area (TPSA) is 125 Å². The highest BCUT2D eigenvalue weighted by Gasteiger charge is 2.20. The van der Waals surface area contributed by atoms with E-state index in [1.807, 2.05) is 0 Å². The van der Waals surface area contributed by atoms with Crippen molar-refractivity contribution in [3.63, 3.8) is 0 Å². The summed E-state index contributed by atoms with van der Waals surface area (Å²) in [7, 11) is 1.19. The molecule has 1 rings (SSSR count). The highest BCUT2D eigenvalue weighted by Crippen LogP contribution is 2.23. The molecule has 1 unspecified atom stereocenters. The number of methoxy groups -OCH3 is 1. The third kappa shape index (κ3) is 3.66. The number of nitrogens with one attached hydrogen (secondary N) is 1. The van der Waals surface area contributed by atoms with Crippen LogP contribution in [0.2, 0.25) is 0 Å². The molecular weight excluding hydrogens is 254 g/mol. The summed E-state index contributed by atoms with van der Waals surface area (Å²) in [5.74, 6) is -0.633. The molecule has 0 fully saturated rings. The monoisotopic (exact) mass is 267 g/mol. The molecule has 1 aromatic rings. The van der Waals surface area contributed by atoms with Gasteiger partial charge in [-0.2, -0.15) is 0 Å². The maximum atomic E-state index is 11.4. The van der Waals surface area contributed by atoms with E-state index in [0.717, 1.165) is 0 Å². The van der Waals surface area contributed by atoms with Crippen molar-refractivity contribution in [2.24, 2.45) is 0 Å². The van der Waals surface area contributed by atoms with E-state index < -0.39 is 16.9 Å². The van der Waals surface area contributed by atoms with Crippen LogP contribution in [0.4, 0.5) is 11.4 Å². The summed E-state index contributed by atoms with van der Waals surface area (Å²) < 4.78 is 4.52. The molecule has 0 heterocycles. The molecule has 1 atom stereocenters. The van der Waals surface area contributed by atoms with Crippen molar-refractivity contribution in [3.8, 4) is 0 Å². The fourth-order valence-corrected chi connectivity index (χ4v) is 1.54. The lowest BCUT2D eigenvalue weighted by atomic mass is 10.0. The van der Waals surface area contributed by atoms with Gasteiger partial charge in [0.25, 0.3) is 5.69 Å². The molecule has 102 valence electrons. The molecule has 0 spiro atoms. The van der Waals surface area contributed by atoms with E-state index in [1.165, 1.54) is 19.2 Å². The maximum Gasteiger partial charge on any atom is 0.328 e. The van der Waals surface area contributed by atoms with Crippen LogP contribution in [0.1, 0.15) is 5.56 Å². The molecule has 8 heteroatoms. The Balaban J connectivity index is 2.96.